The molecule has 5 nitrogen and oxygen atoms in total. The smallest absolute Gasteiger partial charge is 0.327 e. The van der Waals surface area contributed by atoms with Crippen molar-refractivity contribution in [1.29, 1.82) is 0 Å². The molecular weight excluding hydrogens is 288 g/mol. The van der Waals surface area contributed by atoms with Crippen LogP contribution in [0.5, 0.6) is 5.75 Å². The molecule has 0 spiro atoms. The van der Waals surface area contributed by atoms with Crippen molar-refractivity contribution in [2.75, 3.05) is 14.2 Å². The number of benzene rings is 1. The Morgan fingerprint density at radius 3 is 2.88 bits per heavy atom. The van der Waals surface area contributed by atoms with Gasteiger partial charge in [-0.25, -0.2) is 4.68 Å². The first-order chi connectivity index (χ1) is 8.17. The van der Waals surface area contributed by atoms with E-state index in [0.717, 1.165) is 15.4 Å². The first-order valence-electron chi connectivity index (χ1n) is 4.92. The number of halogens is 1. The highest BCUT2D eigenvalue weighted by molar-refractivity contribution is 9.10. The fraction of sp³-hybridized carbons (Fsp3) is 0.273. The van der Waals surface area contributed by atoms with Gasteiger partial charge in [-0.1, -0.05) is 0 Å². The second-order valence-electron chi connectivity index (χ2n) is 3.40. The van der Waals surface area contributed by atoms with Gasteiger partial charge in [0.25, 0.3) is 0 Å². The second-order valence-corrected chi connectivity index (χ2v) is 4.25. The summed E-state index contributed by atoms with van der Waals surface area (Å²) in [4.78, 5) is 11.3. The summed E-state index contributed by atoms with van der Waals surface area (Å²) in [6.45, 7) is 0.0623. The van der Waals surface area contributed by atoms with Gasteiger partial charge >= 0.3 is 5.97 Å². The van der Waals surface area contributed by atoms with Crippen molar-refractivity contribution in [3.05, 3.63) is 22.8 Å². The van der Waals surface area contributed by atoms with Gasteiger partial charge in [0.05, 0.1) is 24.9 Å². The summed E-state index contributed by atoms with van der Waals surface area (Å²) in [5, 5.41) is 5.06. The lowest BCUT2D eigenvalue weighted by atomic mass is 10.2. The van der Waals surface area contributed by atoms with Gasteiger partial charge in [-0.05, 0) is 28.1 Å². The van der Waals surface area contributed by atoms with Gasteiger partial charge in [-0.3, -0.25) is 4.79 Å². The number of carbonyl (C=O) groups excluding carboxylic acids is 1. The van der Waals surface area contributed by atoms with Gasteiger partial charge in [0.15, 0.2) is 5.75 Å². The number of aromatic nitrogens is 2. The third-order valence-electron chi connectivity index (χ3n) is 2.42. The lowest BCUT2D eigenvalue weighted by Crippen LogP contribution is -2.12. The van der Waals surface area contributed by atoms with Crippen LogP contribution >= 0.6 is 15.9 Å². The molecule has 0 bridgehead atoms. The Balaban J connectivity index is 2.57. The number of esters is 1. The Labute approximate surface area is 106 Å². The molecule has 90 valence electrons. The molecule has 0 amide bonds. The Morgan fingerprint density at radius 2 is 2.24 bits per heavy atom. The highest BCUT2D eigenvalue weighted by Gasteiger charge is 2.14. The lowest BCUT2D eigenvalue weighted by Gasteiger charge is -2.08. The van der Waals surface area contributed by atoms with Crippen LogP contribution < -0.4 is 4.74 Å². The SMILES string of the molecule is COC(=O)Cn1ncc2ccc(Br)c(OC)c21. The van der Waals surface area contributed by atoms with Crippen LogP contribution in [0.15, 0.2) is 22.8 Å². The van der Waals surface area contributed by atoms with E-state index in [-0.39, 0.29) is 12.5 Å². The molecule has 0 saturated heterocycles. The molecule has 0 aliphatic carbocycles. The summed E-state index contributed by atoms with van der Waals surface area (Å²) < 4.78 is 12.3. The molecule has 0 aliphatic rings. The summed E-state index contributed by atoms with van der Waals surface area (Å²) in [7, 11) is 2.93. The number of ether oxygens (including phenoxy) is 2. The summed E-state index contributed by atoms with van der Waals surface area (Å²) in [5.41, 5.74) is 0.771. The van der Waals surface area contributed by atoms with Crippen molar-refractivity contribution in [3.63, 3.8) is 0 Å². The standard InChI is InChI=1S/C11H11BrN2O3/c1-16-9(15)6-14-10-7(5-13-14)3-4-8(12)11(10)17-2/h3-5H,6H2,1-2H3. The van der Waals surface area contributed by atoms with E-state index in [9.17, 15) is 4.79 Å². The van der Waals surface area contributed by atoms with Crippen molar-refractivity contribution in [2.24, 2.45) is 0 Å². The van der Waals surface area contributed by atoms with E-state index in [2.05, 4.69) is 25.8 Å². The predicted molar refractivity (Wildman–Crippen MR) is 66.0 cm³/mol. The van der Waals surface area contributed by atoms with Crippen LogP contribution in [-0.4, -0.2) is 30.0 Å². The van der Waals surface area contributed by atoms with Crippen LogP contribution in [0.1, 0.15) is 0 Å². The molecule has 2 aromatic rings. The van der Waals surface area contributed by atoms with Gasteiger partial charge in [0.1, 0.15) is 12.1 Å². The van der Waals surface area contributed by atoms with Crippen LogP contribution in [0.2, 0.25) is 0 Å². The number of fused-ring (bicyclic) bond motifs is 1. The zero-order valence-electron chi connectivity index (χ0n) is 9.44. The molecule has 0 saturated carbocycles. The van der Waals surface area contributed by atoms with E-state index in [1.807, 2.05) is 12.1 Å². The second kappa shape index (κ2) is 4.75. The molecule has 6 heteroatoms. The molecule has 2 rings (SSSR count). The van der Waals surface area contributed by atoms with E-state index in [0.29, 0.717) is 5.75 Å². The largest absolute Gasteiger partial charge is 0.493 e. The number of methoxy groups -OCH3 is 2. The number of hydrogen-bond donors (Lipinski definition) is 0. The third-order valence-corrected chi connectivity index (χ3v) is 3.04. The minimum Gasteiger partial charge on any atom is -0.493 e. The molecule has 0 aliphatic heterocycles. The molecular formula is C11H11BrN2O3. The first-order valence-corrected chi connectivity index (χ1v) is 5.71. The Kier molecular flexibility index (Phi) is 3.33. The average molecular weight is 299 g/mol. The molecule has 0 radical (unpaired) electrons. The van der Waals surface area contributed by atoms with Crippen LogP contribution in [0.25, 0.3) is 10.9 Å². The monoisotopic (exact) mass is 298 g/mol. The van der Waals surface area contributed by atoms with Crippen LogP contribution in [-0.2, 0) is 16.1 Å². The van der Waals surface area contributed by atoms with Crippen molar-refractivity contribution < 1.29 is 14.3 Å². The molecule has 0 atom stereocenters. The fourth-order valence-electron chi connectivity index (χ4n) is 1.62. The molecule has 0 N–H and O–H groups in total. The summed E-state index contributed by atoms with van der Waals surface area (Å²) in [5.74, 6) is 0.306. The van der Waals surface area contributed by atoms with Crippen LogP contribution in [0.4, 0.5) is 0 Å². The molecule has 17 heavy (non-hydrogen) atoms. The molecule has 0 unspecified atom stereocenters. The molecule has 1 heterocycles. The highest BCUT2D eigenvalue weighted by Crippen LogP contribution is 2.33. The highest BCUT2D eigenvalue weighted by atomic mass is 79.9. The van der Waals surface area contributed by atoms with Crippen molar-refractivity contribution in [2.45, 2.75) is 6.54 Å². The van der Waals surface area contributed by atoms with Gasteiger partial charge in [-0.15, -0.1) is 0 Å². The first kappa shape index (κ1) is 11.9. The Morgan fingerprint density at radius 1 is 1.47 bits per heavy atom. The maximum absolute atomic E-state index is 11.3. The Bertz CT molecular complexity index is 565. The molecule has 0 fully saturated rings. The van der Waals surface area contributed by atoms with Crippen molar-refractivity contribution in [3.8, 4) is 5.75 Å². The summed E-state index contributed by atoms with van der Waals surface area (Å²) in [6.07, 6.45) is 1.69. The molecule has 1 aromatic heterocycles. The fourth-order valence-corrected chi connectivity index (χ4v) is 2.10. The summed E-state index contributed by atoms with van der Waals surface area (Å²) in [6, 6.07) is 3.79. The lowest BCUT2D eigenvalue weighted by molar-refractivity contribution is -0.141. The van der Waals surface area contributed by atoms with E-state index in [1.54, 1.807) is 18.0 Å². The minimum atomic E-state index is -0.350. The minimum absolute atomic E-state index is 0.0623. The van der Waals surface area contributed by atoms with E-state index in [1.165, 1.54) is 7.11 Å². The zero-order valence-corrected chi connectivity index (χ0v) is 11.0. The number of nitrogens with zero attached hydrogens (tertiary/aromatic N) is 2. The average Bonchev–Trinajstić information content (AvgIpc) is 2.72. The van der Waals surface area contributed by atoms with E-state index >= 15 is 0 Å². The summed E-state index contributed by atoms with van der Waals surface area (Å²) >= 11 is 3.40. The predicted octanol–water partition coefficient (Wildman–Crippen LogP) is 1.98. The van der Waals surface area contributed by atoms with Crippen molar-refractivity contribution in [1.82, 2.24) is 9.78 Å². The van der Waals surface area contributed by atoms with Gasteiger partial charge in [0, 0.05) is 5.39 Å². The van der Waals surface area contributed by atoms with Crippen LogP contribution in [0, 0.1) is 0 Å². The number of hydrogen-bond acceptors (Lipinski definition) is 4. The zero-order chi connectivity index (χ0) is 12.4. The maximum Gasteiger partial charge on any atom is 0.327 e. The van der Waals surface area contributed by atoms with Gasteiger partial charge in [-0.2, -0.15) is 5.10 Å². The van der Waals surface area contributed by atoms with Crippen LogP contribution in [0.3, 0.4) is 0 Å². The topological polar surface area (TPSA) is 53.4 Å². The number of rotatable bonds is 3. The van der Waals surface area contributed by atoms with Crippen molar-refractivity contribution >= 4 is 32.8 Å². The quantitative estimate of drug-likeness (QED) is 0.813. The van der Waals surface area contributed by atoms with Gasteiger partial charge < -0.3 is 9.47 Å². The van der Waals surface area contributed by atoms with E-state index in [4.69, 9.17) is 4.74 Å². The third kappa shape index (κ3) is 2.12. The number of carbonyl (C=O) groups is 1. The normalized spacial score (nSPS) is 10.5. The molecule has 1 aromatic carbocycles. The maximum atomic E-state index is 11.3. The van der Waals surface area contributed by atoms with E-state index < -0.39 is 0 Å². The van der Waals surface area contributed by atoms with Gasteiger partial charge in [0.2, 0.25) is 0 Å². The Hall–Kier alpha value is -1.56.